The molecule has 0 spiro atoms. The summed E-state index contributed by atoms with van der Waals surface area (Å²) in [5, 5.41) is 9.41. The van der Waals surface area contributed by atoms with Gasteiger partial charge >= 0.3 is 5.97 Å². The largest absolute Gasteiger partial charge is 0.480 e. The number of allylic oxidation sites excluding steroid dienone is 3. The second-order valence-electron chi connectivity index (χ2n) is 7.00. The lowest BCUT2D eigenvalue weighted by Gasteiger charge is -2.28. The zero-order valence-electron chi connectivity index (χ0n) is 15.8. The molecule has 0 aromatic heterocycles. The highest BCUT2D eigenvalue weighted by atomic mass is 19.2. The van der Waals surface area contributed by atoms with Crippen LogP contribution in [0.3, 0.4) is 0 Å². The number of aliphatic carboxylic acids is 1. The third-order valence-corrected chi connectivity index (χ3v) is 5.02. The summed E-state index contributed by atoms with van der Waals surface area (Å²) in [5.74, 6) is -2.73. The molecule has 1 aliphatic carbocycles. The minimum atomic E-state index is -0.982. The number of rotatable bonds is 8. The molecular formula is C23H23F2NO2. The van der Waals surface area contributed by atoms with E-state index in [1.165, 1.54) is 17.7 Å². The number of carboxylic acids is 1. The van der Waals surface area contributed by atoms with Gasteiger partial charge in [0.1, 0.15) is 6.54 Å². The van der Waals surface area contributed by atoms with Crippen molar-refractivity contribution in [2.75, 3.05) is 11.4 Å². The Hall–Kier alpha value is -2.95. The van der Waals surface area contributed by atoms with Gasteiger partial charge in [-0.1, -0.05) is 42.5 Å². The summed E-state index contributed by atoms with van der Waals surface area (Å²) in [6.45, 7) is 5.84. The molecule has 2 aromatic carbocycles. The van der Waals surface area contributed by atoms with Crippen LogP contribution in [0.2, 0.25) is 0 Å². The van der Waals surface area contributed by atoms with Crippen molar-refractivity contribution in [3.05, 3.63) is 83.1 Å². The average molecular weight is 383 g/mol. The zero-order valence-corrected chi connectivity index (χ0v) is 15.8. The van der Waals surface area contributed by atoms with Crippen LogP contribution in [0.5, 0.6) is 0 Å². The molecule has 3 nitrogen and oxygen atoms in total. The first-order chi connectivity index (χ1) is 13.4. The fourth-order valence-corrected chi connectivity index (χ4v) is 3.31. The molecule has 0 radical (unpaired) electrons. The van der Waals surface area contributed by atoms with E-state index in [-0.39, 0.29) is 18.5 Å². The molecule has 0 amide bonds. The van der Waals surface area contributed by atoms with Crippen LogP contribution in [0.1, 0.15) is 37.3 Å². The Kier molecular flexibility index (Phi) is 5.93. The fourth-order valence-electron chi connectivity index (χ4n) is 3.31. The van der Waals surface area contributed by atoms with Gasteiger partial charge in [0.05, 0.1) is 0 Å². The maximum atomic E-state index is 13.9. The van der Waals surface area contributed by atoms with Gasteiger partial charge in [0.25, 0.3) is 0 Å². The number of halogens is 2. The SMILES string of the molecule is C=C(CCc1cccc(F)c1F)N(CC(=O)O)c1ccccc1C(C)=C1CC1. The van der Waals surface area contributed by atoms with Gasteiger partial charge in [-0.05, 0) is 55.9 Å². The van der Waals surface area contributed by atoms with Gasteiger partial charge in [0, 0.05) is 16.9 Å². The molecule has 1 N–H and O–H groups in total. The zero-order chi connectivity index (χ0) is 20.3. The van der Waals surface area contributed by atoms with E-state index in [4.69, 9.17) is 0 Å². The number of carboxylic acid groups (broad SMARTS) is 1. The lowest BCUT2D eigenvalue weighted by Crippen LogP contribution is -2.29. The lowest BCUT2D eigenvalue weighted by atomic mass is 10.0. The average Bonchev–Trinajstić information content (AvgIpc) is 3.51. The molecule has 146 valence electrons. The van der Waals surface area contributed by atoms with Crippen LogP contribution in [0, 0.1) is 11.6 Å². The molecule has 0 atom stereocenters. The molecule has 0 saturated heterocycles. The summed E-state index contributed by atoms with van der Waals surface area (Å²) < 4.78 is 27.4. The molecule has 3 rings (SSSR count). The molecule has 28 heavy (non-hydrogen) atoms. The van der Waals surface area contributed by atoms with Crippen molar-refractivity contribution >= 4 is 17.2 Å². The molecule has 0 unspecified atom stereocenters. The second-order valence-corrected chi connectivity index (χ2v) is 7.00. The highest BCUT2D eigenvalue weighted by Gasteiger charge is 2.22. The molecule has 1 saturated carbocycles. The molecule has 0 aliphatic heterocycles. The third-order valence-electron chi connectivity index (χ3n) is 5.02. The van der Waals surface area contributed by atoms with Crippen molar-refractivity contribution in [1.82, 2.24) is 0 Å². The van der Waals surface area contributed by atoms with E-state index in [2.05, 4.69) is 6.58 Å². The van der Waals surface area contributed by atoms with Crippen LogP contribution >= 0.6 is 0 Å². The normalized spacial score (nSPS) is 12.6. The van der Waals surface area contributed by atoms with Crippen molar-refractivity contribution in [1.29, 1.82) is 0 Å². The van der Waals surface area contributed by atoms with Crippen LogP contribution in [0.25, 0.3) is 5.57 Å². The standard InChI is InChI=1S/C23H23F2NO2/c1-15(10-11-18-6-5-8-20(24)23(18)25)26(14-22(27)28)21-9-4-3-7-19(21)16(2)17-12-13-17/h3-9H,1,10-14H2,2H3,(H,27,28). The van der Waals surface area contributed by atoms with E-state index in [0.29, 0.717) is 12.1 Å². The van der Waals surface area contributed by atoms with Gasteiger partial charge in [0.15, 0.2) is 11.6 Å². The first kappa shape index (κ1) is 19.8. The van der Waals surface area contributed by atoms with Crippen LogP contribution in [0.4, 0.5) is 14.5 Å². The quantitative estimate of drug-likeness (QED) is 0.648. The highest BCUT2D eigenvalue weighted by Crippen LogP contribution is 2.40. The summed E-state index contributed by atoms with van der Waals surface area (Å²) >= 11 is 0. The minimum Gasteiger partial charge on any atom is -0.480 e. The summed E-state index contributed by atoms with van der Waals surface area (Å²) in [6.07, 6.45) is 2.69. The van der Waals surface area contributed by atoms with E-state index in [9.17, 15) is 18.7 Å². The van der Waals surface area contributed by atoms with E-state index in [1.807, 2.05) is 31.2 Å². The Bertz CT molecular complexity index is 943. The number of hydrogen-bond donors (Lipinski definition) is 1. The van der Waals surface area contributed by atoms with E-state index < -0.39 is 17.6 Å². The number of anilines is 1. The second kappa shape index (κ2) is 8.38. The van der Waals surface area contributed by atoms with Gasteiger partial charge in [-0.25, -0.2) is 8.78 Å². The minimum absolute atomic E-state index is 0.237. The van der Waals surface area contributed by atoms with Gasteiger partial charge in [-0.2, -0.15) is 0 Å². The van der Waals surface area contributed by atoms with E-state index in [1.54, 1.807) is 4.90 Å². The number of nitrogens with zero attached hydrogens (tertiary/aromatic N) is 1. The third kappa shape index (κ3) is 4.47. The maximum absolute atomic E-state index is 13.9. The first-order valence-corrected chi connectivity index (χ1v) is 9.26. The fraction of sp³-hybridized carbons (Fsp3) is 0.261. The monoisotopic (exact) mass is 383 g/mol. The van der Waals surface area contributed by atoms with Crippen LogP contribution in [0.15, 0.2) is 60.3 Å². The number of carbonyl (C=O) groups is 1. The Balaban J connectivity index is 1.87. The predicted octanol–water partition coefficient (Wildman–Crippen LogP) is 5.57. The lowest BCUT2D eigenvalue weighted by molar-refractivity contribution is -0.135. The number of para-hydroxylation sites is 1. The van der Waals surface area contributed by atoms with Crippen molar-refractivity contribution in [2.45, 2.75) is 32.6 Å². The number of hydrogen-bond acceptors (Lipinski definition) is 2. The molecule has 1 fully saturated rings. The van der Waals surface area contributed by atoms with Gasteiger partial charge in [-0.3, -0.25) is 4.79 Å². The Morgan fingerprint density at radius 1 is 1.14 bits per heavy atom. The molecular weight excluding hydrogens is 360 g/mol. The predicted molar refractivity (Wildman–Crippen MR) is 107 cm³/mol. The Morgan fingerprint density at radius 3 is 2.54 bits per heavy atom. The Labute approximate surface area is 163 Å². The summed E-state index contributed by atoms with van der Waals surface area (Å²) in [4.78, 5) is 13.1. The smallest absolute Gasteiger partial charge is 0.323 e. The van der Waals surface area contributed by atoms with Crippen LogP contribution < -0.4 is 4.90 Å². The van der Waals surface area contributed by atoms with Crippen molar-refractivity contribution in [2.24, 2.45) is 0 Å². The summed E-state index contributed by atoms with van der Waals surface area (Å²) in [7, 11) is 0. The van der Waals surface area contributed by atoms with Gasteiger partial charge < -0.3 is 10.0 Å². The van der Waals surface area contributed by atoms with Crippen molar-refractivity contribution < 1.29 is 18.7 Å². The molecule has 1 aliphatic rings. The van der Waals surface area contributed by atoms with E-state index >= 15 is 0 Å². The van der Waals surface area contributed by atoms with Crippen LogP contribution in [-0.4, -0.2) is 17.6 Å². The first-order valence-electron chi connectivity index (χ1n) is 9.26. The maximum Gasteiger partial charge on any atom is 0.323 e. The Morgan fingerprint density at radius 2 is 1.86 bits per heavy atom. The molecule has 2 aromatic rings. The summed E-state index contributed by atoms with van der Waals surface area (Å²) in [5.41, 5.74) is 5.08. The molecule has 0 heterocycles. The van der Waals surface area contributed by atoms with Crippen molar-refractivity contribution in [3.8, 4) is 0 Å². The summed E-state index contributed by atoms with van der Waals surface area (Å²) in [6, 6.07) is 11.7. The number of aryl methyl sites for hydroxylation is 1. The topological polar surface area (TPSA) is 40.5 Å². The van der Waals surface area contributed by atoms with Crippen molar-refractivity contribution in [3.63, 3.8) is 0 Å². The van der Waals surface area contributed by atoms with E-state index in [0.717, 1.165) is 35.7 Å². The highest BCUT2D eigenvalue weighted by molar-refractivity contribution is 5.83. The number of benzene rings is 2. The molecule has 0 bridgehead atoms. The van der Waals surface area contributed by atoms with Gasteiger partial charge in [0.2, 0.25) is 0 Å². The van der Waals surface area contributed by atoms with Gasteiger partial charge in [-0.15, -0.1) is 0 Å². The van der Waals surface area contributed by atoms with Crippen LogP contribution in [-0.2, 0) is 11.2 Å². The molecule has 5 heteroatoms.